The average molecular weight is 368 g/mol. The fourth-order valence-electron chi connectivity index (χ4n) is 1.87. The van der Waals surface area contributed by atoms with Crippen LogP contribution in [0.25, 0.3) is 11.4 Å². The Morgan fingerprint density at radius 1 is 1.32 bits per heavy atom. The van der Waals surface area contributed by atoms with E-state index >= 15 is 0 Å². The second-order valence-corrected chi connectivity index (χ2v) is 5.57. The number of rotatable bonds is 3. The summed E-state index contributed by atoms with van der Waals surface area (Å²) >= 11 is 2.22. The minimum Gasteiger partial charge on any atom is -0.481 e. The minimum absolute atomic E-state index is 0.544. The van der Waals surface area contributed by atoms with E-state index in [1.807, 2.05) is 6.07 Å². The van der Waals surface area contributed by atoms with Crippen LogP contribution in [0.4, 0.5) is 5.82 Å². The van der Waals surface area contributed by atoms with E-state index in [4.69, 9.17) is 10.5 Å². The van der Waals surface area contributed by atoms with E-state index in [1.54, 1.807) is 19.4 Å². The second-order valence-electron chi connectivity index (χ2n) is 4.50. The number of nitrogens with two attached hydrogens (primary N) is 1. The highest BCUT2D eigenvalue weighted by molar-refractivity contribution is 14.1. The largest absolute Gasteiger partial charge is 0.481 e. The zero-order valence-electron chi connectivity index (χ0n) is 10.4. The number of aromatic nitrogens is 3. The van der Waals surface area contributed by atoms with Gasteiger partial charge in [0.2, 0.25) is 5.88 Å². The maximum absolute atomic E-state index is 5.98. The Bertz CT molecular complexity index is 611. The van der Waals surface area contributed by atoms with Crippen molar-refractivity contribution in [1.29, 1.82) is 0 Å². The molecule has 0 aromatic carbocycles. The van der Waals surface area contributed by atoms with Crippen molar-refractivity contribution in [2.75, 3.05) is 12.8 Å². The SMILES string of the molecule is COc1ccc(-c2nc(N)c(I)c(C3CC3)n2)cn1. The van der Waals surface area contributed by atoms with E-state index in [0.717, 1.165) is 14.8 Å². The molecular formula is C13H13IN4O. The Morgan fingerprint density at radius 3 is 2.68 bits per heavy atom. The van der Waals surface area contributed by atoms with Gasteiger partial charge in [0, 0.05) is 23.7 Å². The van der Waals surface area contributed by atoms with Crippen LogP contribution in [0.3, 0.4) is 0 Å². The number of anilines is 1. The molecule has 1 aliphatic rings. The lowest BCUT2D eigenvalue weighted by molar-refractivity contribution is 0.398. The van der Waals surface area contributed by atoms with Gasteiger partial charge in [0.05, 0.1) is 16.4 Å². The molecule has 1 aliphatic carbocycles. The van der Waals surface area contributed by atoms with Crippen LogP contribution in [-0.4, -0.2) is 22.1 Å². The first kappa shape index (κ1) is 12.6. The summed E-state index contributed by atoms with van der Waals surface area (Å²) in [5, 5.41) is 0. The fraction of sp³-hybridized carbons (Fsp3) is 0.308. The lowest BCUT2D eigenvalue weighted by atomic mass is 10.2. The third-order valence-electron chi connectivity index (χ3n) is 3.07. The molecule has 19 heavy (non-hydrogen) atoms. The van der Waals surface area contributed by atoms with Gasteiger partial charge in [0.1, 0.15) is 5.82 Å². The van der Waals surface area contributed by atoms with Gasteiger partial charge in [-0.05, 0) is 41.5 Å². The highest BCUT2D eigenvalue weighted by atomic mass is 127. The summed E-state index contributed by atoms with van der Waals surface area (Å²) in [5.41, 5.74) is 7.90. The number of ether oxygens (including phenoxy) is 1. The summed E-state index contributed by atoms with van der Waals surface area (Å²) < 4.78 is 6.02. The maximum atomic E-state index is 5.98. The monoisotopic (exact) mass is 368 g/mol. The molecule has 5 nitrogen and oxygen atoms in total. The highest BCUT2D eigenvalue weighted by Crippen LogP contribution is 2.42. The standard InChI is InChI=1S/C13H13IN4O/c1-19-9-5-4-8(6-16-9)13-17-11(7-2-3-7)10(14)12(15)18-13/h4-7H,2-3H2,1H3,(H2,15,17,18). The number of nitrogen functional groups attached to an aromatic ring is 1. The van der Waals surface area contributed by atoms with Crippen molar-refractivity contribution in [3.8, 4) is 17.3 Å². The first-order chi connectivity index (χ1) is 9.19. The number of halogens is 1. The van der Waals surface area contributed by atoms with E-state index in [2.05, 4.69) is 37.5 Å². The lowest BCUT2D eigenvalue weighted by Gasteiger charge is -2.08. The van der Waals surface area contributed by atoms with E-state index in [0.29, 0.717) is 23.4 Å². The molecule has 0 saturated heterocycles. The van der Waals surface area contributed by atoms with Crippen LogP contribution in [0.1, 0.15) is 24.5 Å². The normalized spacial score (nSPS) is 14.4. The van der Waals surface area contributed by atoms with Crippen molar-refractivity contribution in [1.82, 2.24) is 15.0 Å². The predicted molar refractivity (Wildman–Crippen MR) is 80.9 cm³/mol. The number of hydrogen-bond donors (Lipinski definition) is 1. The van der Waals surface area contributed by atoms with Crippen molar-refractivity contribution in [2.24, 2.45) is 0 Å². The Hall–Kier alpha value is -1.44. The van der Waals surface area contributed by atoms with E-state index in [-0.39, 0.29) is 0 Å². The molecule has 2 aromatic heterocycles. The molecule has 0 amide bonds. The Balaban J connectivity index is 2.03. The second kappa shape index (κ2) is 4.92. The molecule has 0 unspecified atom stereocenters. The van der Waals surface area contributed by atoms with Crippen LogP contribution in [0.15, 0.2) is 18.3 Å². The van der Waals surface area contributed by atoms with Gasteiger partial charge in [0.25, 0.3) is 0 Å². The van der Waals surface area contributed by atoms with Crippen molar-refractivity contribution in [2.45, 2.75) is 18.8 Å². The van der Waals surface area contributed by atoms with Crippen LogP contribution >= 0.6 is 22.6 Å². The summed E-state index contributed by atoms with van der Waals surface area (Å²) in [6.07, 6.45) is 4.08. The molecule has 6 heteroatoms. The maximum Gasteiger partial charge on any atom is 0.212 e. The summed E-state index contributed by atoms with van der Waals surface area (Å²) in [7, 11) is 1.59. The van der Waals surface area contributed by atoms with E-state index < -0.39 is 0 Å². The van der Waals surface area contributed by atoms with E-state index in [1.165, 1.54) is 12.8 Å². The zero-order chi connectivity index (χ0) is 13.4. The number of nitrogens with zero attached hydrogens (tertiary/aromatic N) is 3. The molecule has 2 aromatic rings. The first-order valence-corrected chi connectivity index (χ1v) is 7.10. The van der Waals surface area contributed by atoms with Gasteiger partial charge in [-0.2, -0.15) is 0 Å². The number of hydrogen-bond acceptors (Lipinski definition) is 5. The third-order valence-corrected chi connectivity index (χ3v) is 4.18. The molecule has 0 aliphatic heterocycles. The minimum atomic E-state index is 0.544. The molecular weight excluding hydrogens is 355 g/mol. The van der Waals surface area contributed by atoms with E-state index in [9.17, 15) is 0 Å². The highest BCUT2D eigenvalue weighted by Gasteiger charge is 2.29. The summed E-state index contributed by atoms with van der Waals surface area (Å²) in [6, 6.07) is 3.69. The molecule has 1 fully saturated rings. The van der Waals surface area contributed by atoms with Crippen molar-refractivity contribution < 1.29 is 4.74 Å². The number of pyridine rings is 1. The smallest absolute Gasteiger partial charge is 0.212 e. The van der Waals surface area contributed by atoms with Gasteiger partial charge in [-0.15, -0.1) is 0 Å². The molecule has 1 saturated carbocycles. The Kier molecular flexibility index (Phi) is 3.26. The predicted octanol–water partition coefficient (Wildman–Crippen LogP) is 2.61. The molecule has 0 radical (unpaired) electrons. The summed E-state index contributed by atoms with van der Waals surface area (Å²) in [4.78, 5) is 13.2. The molecule has 3 rings (SSSR count). The average Bonchev–Trinajstić information content (AvgIpc) is 3.26. The van der Waals surface area contributed by atoms with Gasteiger partial charge in [-0.1, -0.05) is 0 Å². The van der Waals surface area contributed by atoms with Crippen molar-refractivity contribution in [3.05, 3.63) is 27.6 Å². The zero-order valence-corrected chi connectivity index (χ0v) is 12.6. The lowest BCUT2D eigenvalue weighted by Crippen LogP contribution is -2.04. The van der Waals surface area contributed by atoms with Crippen molar-refractivity contribution in [3.63, 3.8) is 0 Å². The van der Waals surface area contributed by atoms with Crippen LogP contribution in [0, 0.1) is 3.57 Å². The third kappa shape index (κ3) is 2.49. The topological polar surface area (TPSA) is 73.9 Å². The first-order valence-electron chi connectivity index (χ1n) is 6.02. The number of methoxy groups -OCH3 is 1. The quantitative estimate of drug-likeness (QED) is 0.844. The molecule has 2 heterocycles. The van der Waals surface area contributed by atoms with Crippen LogP contribution < -0.4 is 10.5 Å². The van der Waals surface area contributed by atoms with Crippen molar-refractivity contribution >= 4 is 28.4 Å². The summed E-state index contributed by atoms with van der Waals surface area (Å²) in [5.74, 6) is 2.30. The van der Waals surface area contributed by atoms with Gasteiger partial charge in [-0.3, -0.25) is 0 Å². The van der Waals surface area contributed by atoms with Crippen LogP contribution in [-0.2, 0) is 0 Å². The fourth-order valence-corrected chi connectivity index (χ4v) is 2.55. The Morgan fingerprint density at radius 2 is 2.11 bits per heavy atom. The molecule has 0 atom stereocenters. The molecule has 0 spiro atoms. The van der Waals surface area contributed by atoms with Gasteiger partial charge < -0.3 is 10.5 Å². The van der Waals surface area contributed by atoms with Gasteiger partial charge >= 0.3 is 0 Å². The van der Waals surface area contributed by atoms with Crippen LogP contribution in [0.2, 0.25) is 0 Å². The van der Waals surface area contributed by atoms with Crippen LogP contribution in [0.5, 0.6) is 5.88 Å². The Labute approximate surface area is 124 Å². The summed E-state index contributed by atoms with van der Waals surface area (Å²) in [6.45, 7) is 0. The molecule has 2 N–H and O–H groups in total. The van der Waals surface area contributed by atoms with Gasteiger partial charge in [-0.25, -0.2) is 15.0 Å². The molecule has 98 valence electrons. The molecule has 0 bridgehead atoms. The van der Waals surface area contributed by atoms with Gasteiger partial charge in [0.15, 0.2) is 5.82 Å².